The highest BCUT2D eigenvalue weighted by molar-refractivity contribution is 6.33. The van der Waals surface area contributed by atoms with E-state index in [4.69, 9.17) is 33.5 Å². The molecule has 19 heavy (non-hydrogen) atoms. The molecule has 2 N–H and O–H groups in total. The molecule has 0 aliphatic heterocycles. The minimum Gasteiger partial charge on any atom is -0.478 e. The summed E-state index contributed by atoms with van der Waals surface area (Å²) >= 11 is 11.3. The van der Waals surface area contributed by atoms with E-state index < -0.39 is 5.97 Å². The number of benzene rings is 1. The molecule has 4 nitrogen and oxygen atoms in total. The largest absolute Gasteiger partial charge is 0.478 e. The van der Waals surface area contributed by atoms with E-state index in [0.29, 0.717) is 0 Å². The summed E-state index contributed by atoms with van der Waals surface area (Å²) < 4.78 is 0. The van der Waals surface area contributed by atoms with Crippen molar-refractivity contribution in [3.8, 4) is 0 Å². The molecule has 0 amide bonds. The van der Waals surface area contributed by atoms with Crippen LogP contribution in [0.5, 0.6) is 0 Å². The van der Waals surface area contributed by atoms with Gasteiger partial charge in [-0.15, -0.1) is 11.6 Å². The third kappa shape index (κ3) is 5.09. The van der Waals surface area contributed by atoms with Crippen LogP contribution in [0, 0.1) is 0 Å². The Bertz CT molecular complexity index is 463. The zero-order chi connectivity index (χ0) is 14.3. The number of hydrogen-bond donors (Lipinski definition) is 2. The van der Waals surface area contributed by atoms with Gasteiger partial charge in [-0.1, -0.05) is 35.3 Å². The fourth-order valence-corrected chi connectivity index (χ4v) is 2.22. The second-order valence-electron chi connectivity index (χ2n) is 4.09. The van der Waals surface area contributed by atoms with E-state index in [1.807, 2.05) is 0 Å². The summed E-state index contributed by atoms with van der Waals surface area (Å²) in [6.45, 7) is 0. The number of nitrogens with zero attached hydrogens (tertiary/aromatic N) is 1. The first-order chi connectivity index (χ1) is 9.06. The number of carboxylic acid groups (broad SMARTS) is 1. The summed E-state index contributed by atoms with van der Waals surface area (Å²) in [5.41, 5.74) is 0.895. The summed E-state index contributed by atoms with van der Waals surface area (Å²) in [5.74, 6) is -0.995. The first-order valence-electron chi connectivity index (χ1n) is 5.89. The maximum atomic E-state index is 10.3. The van der Waals surface area contributed by atoms with E-state index in [9.17, 15) is 4.79 Å². The molecule has 0 saturated heterocycles. The first-order valence-corrected chi connectivity index (χ1v) is 6.70. The van der Waals surface area contributed by atoms with Crippen molar-refractivity contribution in [2.24, 2.45) is 5.16 Å². The van der Waals surface area contributed by atoms with Gasteiger partial charge in [0.2, 0.25) is 0 Å². The molecular formula is C13H15Cl2NO3. The Morgan fingerprint density at radius 3 is 2.42 bits per heavy atom. The average Bonchev–Trinajstić information content (AvgIpc) is 2.40. The quantitative estimate of drug-likeness (QED) is 0.467. The molecule has 1 aliphatic carbocycles. The van der Waals surface area contributed by atoms with Crippen LogP contribution in [-0.2, 0) is 0 Å². The van der Waals surface area contributed by atoms with E-state index in [-0.39, 0.29) is 16.0 Å². The second-order valence-corrected chi connectivity index (χ2v) is 5.02. The number of carbonyl (C=O) groups is 1. The molecule has 6 heteroatoms. The molecule has 0 heterocycles. The van der Waals surface area contributed by atoms with Crippen LogP contribution in [0.2, 0.25) is 5.02 Å². The Morgan fingerprint density at radius 1 is 1.32 bits per heavy atom. The van der Waals surface area contributed by atoms with Crippen LogP contribution in [0.15, 0.2) is 29.4 Å². The molecule has 2 rings (SSSR count). The number of halogens is 2. The van der Waals surface area contributed by atoms with Crippen molar-refractivity contribution in [1.82, 2.24) is 0 Å². The molecule has 1 aromatic rings. The monoisotopic (exact) mass is 303 g/mol. The molecule has 0 bridgehead atoms. The van der Waals surface area contributed by atoms with Gasteiger partial charge in [0.05, 0.1) is 21.7 Å². The number of oxime groups is 1. The van der Waals surface area contributed by atoms with Crippen molar-refractivity contribution >= 4 is 34.9 Å². The van der Waals surface area contributed by atoms with Crippen LogP contribution in [0.25, 0.3) is 0 Å². The van der Waals surface area contributed by atoms with Crippen LogP contribution in [0.4, 0.5) is 0 Å². The Balaban J connectivity index is 0.000000191. The predicted molar refractivity (Wildman–Crippen MR) is 75.7 cm³/mol. The lowest BCUT2D eigenvalue weighted by Gasteiger charge is -2.15. The van der Waals surface area contributed by atoms with Crippen molar-refractivity contribution in [3.05, 3.63) is 34.9 Å². The number of aromatic carboxylic acids is 1. The molecule has 1 saturated carbocycles. The van der Waals surface area contributed by atoms with Crippen molar-refractivity contribution in [2.75, 3.05) is 0 Å². The standard InChI is InChI=1S/C7H5ClO2.C6H10ClNO/c8-6-4-2-1-3-5(6)7(9)10;7-5-3-1-2-4-6(5)8-9/h1-4H,(H,9,10);5,9H,1-4H2. The number of rotatable bonds is 1. The number of carboxylic acids is 1. The third-order valence-corrected chi connectivity index (χ3v) is 3.53. The lowest BCUT2D eigenvalue weighted by Crippen LogP contribution is -2.18. The molecule has 104 valence electrons. The van der Waals surface area contributed by atoms with E-state index in [0.717, 1.165) is 31.4 Å². The molecule has 0 aromatic heterocycles. The van der Waals surface area contributed by atoms with E-state index in [1.54, 1.807) is 18.2 Å². The molecule has 1 aromatic carbocycles. The van der Waals surface area contributed by atoms with Gasteiger partial charge in [-0.3, -0.25) is 0 Å². The smallest absolute Gasteiger partial charge is 0.337 e. The zero-order valence-corrected chi connectivity index (χ0v) is 11.7. The fourth-order valence-electron chi connectivity index (χ4n) is 1.70. The van der Waals surface area contributed by atoms with Crippen molar-refractivity contribution in [3.63, 3.8) is 0 Å². The highest BCUT2D eigenvalue weighted by Crippen LogP contribution is 2.19. The molecule has 1 atom stereocenters. The van der Waals surface area contributed by atoms with Gasteiger partial charge in [0.25, 0.3) is 0 Å². The Labute approximate surface area is 121 Å². The molecule has 1 fully saturated rings. The minimum atomic E-state index is -0.995. The summed E-state index contributed by atoms with van der Waals surface area (Å²) in [7, 11) is 0. The molecular weight excluding hydrogens is 289 g/mol. The van der Waals surface area contributed by atoms with Crippen LogP contribution >= 0.6 is 23.2 Å². The van der Waals surface area contributed by atoms with Gasteiger partial charge in [-0.2, -0.15) is 0 Å². The van der Waals surface area contributed by atoms with Gasteiger partial charge in [0, 0.05) is 0 Å². The Hall–Kier alpha value is -1.26. The van der Waals surface area contributed by atoms with E-state index in [1.165, 1.54) is 6.07 Å². The number of alkyl halides is 1. The SMILES string of the molecule is O=C(O)c1ccccc1Cl.ON=C1CCCCC1Cl. The average molecular weight is 304 g/mol. The van der Waals surface area contributed by atoms with Crippen LogP contribution < -0.4 is 0 Å². The topological polar surface area (TPSA) is 69.9 Å². The number of hydrogen-bond acceptors (Lipinski definition) is 3. The minimum absolute atomic E-state index is 0.0104. The molecule has 1 aliphatic rings. The van der Waals surface area contributed by atoms with Gasteiger partial charge in [-0.25, -0.2) is 4.79 Å². The highest BCUT2D eigenvalue weighted by Gasteiger charge is 2.17. The fraction of sp³-hybridized carbons (Fsp3) is 0.385. The molecule has 0 radical (unpaired) electrons. The zero-order valence-electron chi connectivity index (χ0n) is 10.2. The van der Waals surface area contributed by atoms with Gasteiger partial charge in [0.15, 0.2) is 0 Å². The summed E-state index contributed by atoms with van der Waals surface area (Å²) in [6.07, 6.45) is 4.10. The van der Waals surface area contributed by atoms with Crippen LogP contribution in [0.3, 0.4) is 0 Å². The third-order valence-electron chi connectivity index (χ3n) is 2.73. The lowest BCUT2D eigenvalue weighted by molar-refractivity contribution is 0.0697. The van der Waals surface area contributed by atoms with Crippen molar-refractivity contribution in [2.45, 2.75) is 31.1 Å². The normalized spacial score (nSPS) is 20.5. The van der Waals surface area contributed by atoms with Crippen LogP contribution in [-0.4, -0.2) is 27.4 Å². The first kappa shape index (κ1) is 15.8. The van der Waals surface area contributed by atoms with Gasteiger partial charge in [-0.05, 0) is 31.4 Å². The van der Waals surface area contributed by atoms with Gasteiger partial charge < -0.3 is 10.3 Å². The Morgan fingerprint density at radius 2 is 2.00 bits per heavy atom. The van der Waals surface area contributed by atoms with Gasteiger partial charge in [0.1, 0.15) is 0 Å². The molecule has 1 unspecified atom stereocenters. The summed E-state index contributed by atoms with van der Waals surface area (Å²) in [6, 6.07) is 6.33. The van der Waals surface area contributed by atoms with Crippen molar-refractivity contribution < 1.29 is 15.1 Å². The van der Waals surface area contributed by atoms with E-state index >= 15 is 0 Å². The summed E-state index contributed by atoms with van der Waals surface area (Å²) in [4.78, 5) is 10.3. The highest BCUT2D eigenvalue weighted by atomic mass is 35.5. The van der Waals surface area contributed by atoms with Crippen molar-refractivity contribution in [1.29, 1.82) is 0 Å². The summed E-state index contributed by atoms with van der Waals surface area (Å²) in [5, 5.41) is 20.2. The Kier molecular flexibility index (Phi) is 6.67. The van der Waals surface area contributed by atoms with E-state index in [2.05, 4.69) is 5.16 Å². The van der Waals surface area contributed by atoms with Crippen LogP contribution in [0.1, 0.15) is 36.0 Å². The van der Waals surface area contributed by atoms with Gasteiger partial charge >= 0.3 is 5.97 Å². The lowest BCUT2D eigenvalue weighted by atomic mass is 9.98. The maximum Gasteiger partial charge on any atom is 0.337 e. The second kappa shape index (κ2) is 8.02. The molecule has 0 spiro atoms. The predicted octanol–water partition coefficient (Wildman–Crippen LogP) is 4.04. The maximum absolute atomic E-state index is 10.3.